The topological polar surface area (TPSA) is 126 Å². The van der Waals surface area contributed by atoms with Gasteiger partial charge in [-0.2, -0.15) is 18.4 Å². The molecule has 0 radical (unpaired) electrons. The minimum Gasteiger partial charge on any atom is -0.366 e. The molecule has 9 nitrogen and oxygen atoms in total. The molecule has 3 heterocycles. The maximum absolute atomic E-state index is 13.0. The number of rotatable bonds is 5. The van der Waals surface area contributed by atoms with E-state index in [2.05, 4.69) is 31.6 Å². The number of nitriles is 1. The molecule has 0 aliphatic heterocycles. The Labute approximate surface area is 174 Å². The number of anilines is 1. The van der Waals surface area contributed by atoms with Crippen LogP contribution in [0, 0.1) is 11.3 Å². The standard InChI is InChI=1S/C18H16F3N7O2S/c1-3-31(29,30)12-6-10(25-17(9-22)4-5-17)8-23-14(12)16-24-11-7-13(18(19,20)21)26-27-15(11)28(16)2/h6-8,25H,3-5H2,1-2H3. The number of halogens is 3. The van der Waals surface area contributed by atoms with Crippen molar-refractivity contribution in [1.29, 1.82) is 5.26 Å². The Morgan fingerprint density at radius 2 is 2.00 bits per heavy atom. The minimum absolute atomic E-state index is 0.0248. The Morgan fingerprint density at radius 3 is 2.58 bits per heavy atom. The van der Waals surface area contributed by atoms with Gasteiger partial charge in [0.1, 0.15) is 16.7 Å². The summed E-state index contributed by atoms with van der Waals surface area (Å²) in [6, 6.07) is 4.27. The van der Waals surface area contributed by atoms with E-state index in [4.69, 9.17) is 0 Å². The molecule has 31 heavy (non-hydrogen) atoms. The van der Waals surface area contributed by atoms with Crippen LogP contribution in [0.15, 0.2) is 23.2 Å². The van der Waals surface area contributed by atoms with Gasteiger partial charge in [-0.05, 0) is 18.9 Å². The molecule has 1 aliphatic rings. The highest BCUT2D eigenvalue weighted by Gasteiger charge is 2.43. The molecule has 4 rings (SSSR count). The van der Waals surface area contributed by atoms with Crippen LogP contribution < -0.4 is 5.32 Å². The molecular formula is C18H16F3N7O2S. The average molecular weight is 451 g/mol. The van der Waals surface area contributed by atoms with Gasteiger partial charge in [-0.25, -0.2) is 18.4 Å². The smallest absolute Gasteiger partial charge is 0.366 e. The summed E-state index contributed by atoms with van der Waals surface area (Å²) < 4.78 is 65.8. The lowest BCUT2D eigenvalue weighted by atomic mass is 10.2. The van der Waals surface area contributed by atoms with Crippen LogP contribution in [0.4, 0.5) is 18.9 Å². The summed E-state index contributed by atoms with van der Waals surface area (Å²) in [4.78, 5) is 8.25. The largest absolute Gasteiger partial charge is 0.435 e. The van der Waals surface area contributed by atoms with E-state index in [9.17, 15) is 26.9 Å². The maximum atomic E-state index is 13.0. The molecule has 0 saturated heterocycles. The third-order valence-corrected chi connectivity index (χ3v) is 6.78. The highest BCUT2D eigenvalue weighted by molar-refractivity contribution is 7.91. The van der Waals surface area contributed by atoms with E-state index in [0.717, 1.165) is 6.07 Å². The molecule has 162 valence electrons. The van der Waals surface area contributed by atoms with Gasteiger partial charge in [-0.15, -0.1) is 10.2 Å². The quantitative estimate of drug-likeness (QED) is 0.627. The summed E-state index contributed by atoms with van der Waals surface area (Å²) in [7, 11) is -2.30. The van der Waals surface area contributed by atoms with E-state index in [1.54, 1.807) is 0 Å². The summed E-state index contributed by atoms with van der Waals surface area (Å²) in [5.41, 5.74) is -1.66. The van der Waals surface area contributed by atoms with Crippen molar-refractivity contribution in [3.05, 3.63) is 24.0 Å². The van der Waals surface area contributed by atoms with E-state index < -0.39 is 27.2 Å². The summed E-state index contributed by atoms with van der Waals surface area (Å²) in [5, 5.41) is 19.0. The number of sulfone groups is 1. The molecule has 1 N–H and O–H groups in total. The average Bonchev–Trinajstić information content (AvgIpc) is 3.43. The first-order chi connectivity index (χ1) is 14.5. The number of hydrogen-bond acceptors (Lipinski definition) is 8. The number of fused-ring (bicyclic) bond motifs is 1. The Hall–Kier alpha value is -3.27. The van der Waals surface area contributed by atoms with Gasteiger partial charge in [0.25, 0.3) is 0 Å². The predicted octanol–water partition coefficient (Wildman–Crippen LogP) is 2.71. The van der Waals surface area contributed by atoms with Gasteiger partial charge < -0.3 is 9.88 Å². The molecule has 13 heteroatoms. The number of alkyl halides is 3. The zero-order valence-electron chi connectivity index (χ0n) is 16.4. The highest BCUT2D eigenvalue weighted by atomic mass is 32.2. The normalized spacial score (nSPS) is 15.6. The van der Waals surface area contributed by atoms with Crippen LogP contribution in [0.5, 0.6) is 0 Å². The van der Waals surface area contributed by atoms with Crippen LogP contribution in [0.1, 0.15) is 25.5 Å². The van der Waals surface area contributed by atoms with Gasteiger partial charge >= 0.3 is 6.18 Å². The molecular weight excluding hydrogens is 435 g/mol. The first-order valence-corrected chi connectivity index (χ1v) is 10.8. The summed E-state index contributed by atoms with van der Waals surface area (Å²) >= 11 is 0. The molecule has 1 saturated carbocycles. The van der Waals surface area contributed by atoms with Crippen LogP contribution in [-0.4, -0.2) is 44.4 Å². The maximum Gasteiger partial charge on any atom is 0.435 e. The zero-order valence-corrected chi connectivity index (χ0v) is 17.2. The van der Waals surface area contributed by atoms with Gasteiger partial charge in [-0.1, -0.05) is 6.92 Å². The van der Waals surface area contributed by atoms with Crippen LogP contribution in [0.2, 0.25) is 0 Å². The summed E-state index contributed by atoms with van der Waals surface area (Å²) in [6.07, 6.45) is -2.06. The molecule has 0 aromatic carbocycles. The van der Waals surface area contributed by atoms with Crippen molar-refractivity contribution in [3.63, 3.8) is 0 Å². The minimum atomic E-state index is -4.69. The number of hydrogen-bond donors (Lipinski definition) is 1. The van der Waals surface area contributed by atoms with Crippen molar-refractivity contribution in [2.45, 2.75) is 36.4 Å². The summed E-state index contributed by atoms with van der Waals surface area (Å²) in [6.45, 7) is 1.47. The number of aryl methyl sites for hydroxylation is 1. The molecule has 0 amide bonds. The molecule has 0 bridgehead atoms. The van der Waals surface area contributed by atoms with Crippen molar-refractivity contribution < 1.29 is 21.6 Å². The number of pyridine rings is 1. The molecule has 0 unspecified atom stereocenters. The second-order valence-corrected chi connectivity index (χ2v) is 9.47. The van der Waals surface area contributed by atoms with Gasteiger partial charge in [0.15, 0.2) is 27.0 Å². The Morgan fingerprint density at radius 1 is 1.29 bits per heavy atom. The van der Waals surface area contributed by atoms with Gasteiger partial charge in [0, 0.05) is 13.1 Å². The SMILES string of the molecule is CCS(=O)(=O)c1cc(NC2(C#N)CC2)cnc1-c1nc2cc(C(F)(F)F)nnc2n1C. The van der Waals surface area contributed by atoms with E-state index in [1.165, 1.54) is 30.8 Å². The molecule has 3 aromatic rings. The van der Waals surface area contributed by atoms with Crippen molar-refractivity contribution >= 4 is 26.7 Å². The van der Waals surface area contributed by atoms with Crippen LogP contribution in [0.3, 0.4) is 0 Å². The molecule has 3 aromatic heterocycles. The van der Waals surface area contributed by atoms with Gasteiger partial charge in [0.05, 0.1) is 28.6 Å². The number of imidazole rings is 1. The lowest BCUT2D eigenvalue weighted by molar-refractivity contribution is -0.141. The fraction of sp³-hybridized carbons (Fsp3) is 0.389. The third kappa shape index (κ3) is 3.67. The van der Waals surface area contributed by atoms with Crippen molar-refractivity contribution in [1.82, 2.24) is 24.7 Å². The van der Waals surface area contributed by atoms with Crippen molar-refractivity contribution in [2.75, 3.05) is 11.1 Å². The van der Waals surface area contributed by atoms with Gasteiger partial charge in [0.2, 0.25) is 0 Å². The lowest BCUT2D eigenvalue weighted by Gasteiger charge is -2.14. The zero-order chi connectivity index (χ0) is 22.6. The molecule has 0 spiro atoms. The number of nitrogens with one attached hydrogen (secondary N) is 1. The van der Waals surface area contributed by atoms with Crippen LogP contribution in [0.25, 0.3) is 22.7 Å². The van der Waals surface area contributed by atoms with Crippen molar-refractivity contribution in [2.24, 2.45) is 7.05 Å². The van der Waals surface area contributed by atoms with Crippen LogP contribution >= 0.6 is 0 Å². The molecule has 1 aliphatic carbocycles. The number of aromatic nitrogens is 5. The Bertz CT molecular complexity index is 1340. The second-order valence-electron chi connectivity index (χ2n) is 7.22. The first-order valence-electron chi connectivity index (χ1n) is 9.19. The lowest BCUT2D eigenvalue weighted by Crippen LogP contribution is -2.19. The highest BCUT2D eigenvalue weighted by Crippen LogP contribution is 2.39. The second kappa shape index (κ2) is 6.88. The fourth-order valence-corrected chi connectivity index (χ4v) is 4.13. The van der Waals surface area contributed by atoms with E-state index in [-0.39, 0.29) is 33.3 Å². The van der Waals surface area contributed by atoms with Crippen LogP contribution in [-0.2, 0) is 23.1 Å². The van der Waals surface area contributed by atoms with E-state index in [0.29, 0.717) is 18.5 Å². The Balaban J connectivity index is 1.88. The molecule has 1 fully saturated rings. The monoisotopic (exact) mass is 451 g/mol. The molecule has 0 atom stereocenters. The predicted molar refractivity (Wildman–Crippen MR) is 103 cm³/mol. The fourth-order valence-electron chi connectivity index (χ4n) is 3.08. The third-order valence-electron chi connectivity index (χ3n) is 5.03. The number of nitrogens with zero attached hydrogens (tertiary/aromatic N) is 6. The van der Waals surface area contributed by atoms with E-state index >= 15 is 0 Å². The van der Waals surface area contributed by atoms with E-state index in [1.807, 2.05) is 0 Å². The first kappa shape index (κ1) is 21.0. The van der Waals surface area contributed by atoms with Gasteiger partial charge in [-0.3, -0.25) is 0 Å². The Kier molecular flexibility index (Phi) is 4.65. The summed E-state index contributed by atoms with van der Waals surface area (Å²) in [5.74, 6) is -0.195. The van der Waals surface area contributed by atoms with Crippen molar-refractivity contribution in [3.8, 4) is 17.6 Å².